The molecule has 0 aliphatic carbocycles. The number of unbranched alkanes of at least 4 members (excludes halogenated alkanes) is 2. The third-order valence-corrected chi connectivity index (χ3v) is 0.972. The smallest absolute Gasteiger partial charge is 0.293 e. The summed E-state index contributed by atoms with van der Waals surface area (Å²) in [6.45, 7) is 7.28. The molecule has 0 spiro atoms. The van der Waals surface area contributed by atoms with Crippen LogP contribution in [0.1, 0.15) is 26.2 Å². The first kappa shape index (κ1) is 11.8. The molecule has 0 N–H and O–H groups in total. The molecule has 0 bridgehead atoms. The standard InChI is InChI=1S/C8H13.Li/c1-3-5-7-8-6-4-2;/h1,3,5,7H,4,6,8H2,2H3;/q-1;+1/b7-5+;. The van der Waals surface area contributed by atoms with Gasteiger partial charge in [0.05, 0.1) is 0 Å². The van der Waals surface area contributed by atoms with Crippen LogP contribution in [-0.4, -0.2) is 0 Å². The van der Waals surface area contributed by atoms with E-state index in [4.69, 9.17) is 6.58 Å². The Bertz CT molecular complexity index is 74.6. The van der Waals surface area contributed by atoms with Crippen LogP contribution in [0.5, 0.6) is 0 Å². The molecule has 46 valence electrons. The zero-order valence-corrected chi connectivity index (χ0v) is 6.43. The van der Waals surface area contributed by atoms with Crippen LogP contribution in [0, 0.1) is 6.58 Å². The van der Waals surface area contributed by atoms with E-state index in [9.17, 15) is 0 Å². The summed E-state index contributed by atoms with van der Waals surface area (Å²) < 4.78 is 0. The summed E-state index contributed by atoms with van der Waals surface area (Å²) in [6, 6.07) is 0. The summed E-state index contributed by atoms with van der Waals surface area (Å²) in [4.78, 5) is 0. The summed E-state index contributed by atoms with van der Waals surface area (Å²) in [7, 11) is 0. The van der Waals surface area contributed by atoms with Crippen molar-refractivity contribution < 1.29 is 18.9 Å². The van der Waals surface area contributed by atoms with Gasteiger partial charge in [-0.15, -0.1) is 0 Å². The maximum Gasteiger partial charge on any atom is 1.00 e. The van der Waals surface area contributed by atoms with Gasteiger partial charge in [-0.05, 0) is 0 Å². The Kier molecular flexibility index (Phi) is 14.4. The van der Waals surface area contributed by atoms with Gasteiger partial charge in [0.2, 0.25) is 0 Å². The van der Waals surface area contributed by atoms with Gasteiger partial charge in [-0.3, -0.25) is 6.58 Å². The average molecular weight is 116 g/mol. The fourth-order valence-corrected chi connectivity index (χ4v) is 0.497. The quantitative estimate of drug-likeness (QED) is 0.205. The SMILES string of the molecule is [CH-]=C/C=C/CCCC.[Li+]. The third kappa shape index (κ3) is 11.6. The monoisotopic (exact) mass is 116 g/mol. The van der Waals surface area contributed by atoms with Crippen LogP contribution in [0.15, 0.2) is 18.2 Å². The summed E-state index contributed by atoms with van der Waals surface area (Å²) in [5.41, 5.74) is 0. The van der Waals surface area contributed by atoms with Crippen molar-refractivity contribution in [2.75, 3.05) is 0 Å². The molecule has 0 unspecified atom stereocenters. The van der Waals surface area contributed by atoms with Crippen LogP contribution in [-0.2, 0) is 0 Å². The van der Waals surface area contributed by atoms with Crippen molar-refractivity contribution >= 4 is 0 Å². The van der Waals surface area contributed by atoms with Gasteiger partial charge < -0.3 is 0 Å². The van der Waals surface area contributed by atoms with E-state index in [1.54, 1.807) is 6.08 Å². The molecule has 1 heteroatoms. The van der Waals surface area contributed by atoms with Gasteiger partial charge in [0.25, 0.3) is 0 Å². The molecule has 0 heterocycles. The van der Waals surface area contributed by atoms with Crippen LogP contribution in [0.4, 0.5) is 0 Å². The predicted molar refractivity (Wildman–Crippen MR) is 37.5 cm³/mol. The van der Waals surface area contributed by atoms with E-state index in [1.807, 2.05) is 6.08 Å². The minimum absolute atomic E-state index is 0. The molecule has 0 aromatic rings. The minimum Gasteiger partial charge on any atom is -0.293 e. The fourth-order valence-electron chi connectivity index (χ4n) is 0.497. The van der Waals surface area contributed by atoms with Crippen molar-refractivity contribution in [2.45, 2.75) is 26.2 Å². The minimum atomic E-state index is 0. The van der Waals surface area contributed by atoms with Gasteiger partial charge in [0.1, 0.15) is 0 Å². The first-order chi connectivity index (χ1) is 3.91. The molecule has 0 atom stereocenters. The molecule has 0 saturated carbocycles. The van der Waals surface area contributed by atoms with Gasteiger partial charge in [-0.25, -0.2) is 12.2 Å². The van der Waals surface area contributed by atoms with Crippen LogP contribution in [0.25, 0.3) is 0 Å². The Morgan fingerprint density at radius 3 is 2.56 bits per heavy atom. The molecule has 0 fully saturated rings. The number of hydrogen-bond donors (Lipinski definition) is 0. The molecule has 0 nitrogen and oxygen atoms in total. The molecule has 0 radical (unpaired) electrons. The van der Waals surface area contributed by atoms with E-state index in [-0.39, 0.29) is 18.9 Å². The molecule has 0 aliphatic rings. The molecule has 0 aromatic heterocycles. The number of allylic oxidation sites excluding steroid dienone is 3. The van der Waals surface area contributed by atoms with E-state index in [0.717, 1.165) is 6.42 Å². The summed E-state index contributed by atoms with van der Waals surface area (Å²) in [6.07, 6.45) is 9.22. The van der Waals surface area contributed by atoms with E-state index < -0.39 is 0 Å². The van der Waals surface area contributed by atoms with E-state index in [1.165, 1.54) is 12.8 Å². The Balaban J connectivity index is 0. The molecule has 0 aliphatic heterocycles. The maximum absolute atomic E-state index is 5.10. The van der Waals surface area contributed by atoms with Gasteiger partial charge >= 0.3 is 18.9 Å². The zero-order chi connectivity index (χ0) is 6.24. The van der Waals surface area contributed by atoms with Crippen molar-refractivity contribution in [1.82, 2.24) is 0 Å². The maximum atomic E-state index is 5.10. The third-order valence-electron chi connectivity index (χ3n) is 0.972. The average Bonchev–Trinajstić information content (AvgIpc) is 1.81. The van der Waals surface area contributed by atoms with Gasteiger partial charge in [0, 0.05) is 0 Å². The molecule has 0 saturated heterocycles. The number of hydrogen-bond acceptors (Lipinski definition) is 0. The van der Waals surface area contributed by atoms with Crippen LogP contribution in [0.2, 0.25) is 0 Å². The normalized spacial score (nSPS) is 9.00. The van der Waals surface area contributed by atoms with Crippen LogP contribution in [0.3, 0.4) is 0 Å². The largest absolute Gasteiger partial charge is 1.00 e. The molecule has 0 aromatic carbocycles. The molecular weight excluding hydrogens is 103 g/mol. The first-order valence-corrected chi connectivity index (χ1v) is 3.12. The summed E-state index contributed by atoms with van der Waals surface area (Å²) in [5, 5.41) is 0. The van der Waals surface area contributed by atoms with Crippen LogP contribution < -0.4 is 18.9 Å². The topological polar surface area (TPSA) is 0 Å². The van der Waals surface area contributed by atoms with Crippen molar-refractivity contribution in [3.8, 4) is 0 Å². The van der Waals surface area contributed by atoms with Crippen molar-refractivity contribution in [2.24, 2.45) is 0 Å². The van der Waals surface area contributed by atoms with E-state index >= 15 is 0 Å². The summed E-state index contributed by atoms with van der Waals surface area (Å²) >= 11 is 0. The second kappa shape index (κ2) is 11.0. The fraction of sp³-hybridized carbons (Fsp3) is 0.500. The predicted octanol–water partition coefficient (Wildman–Crippen LogP) is -0.274. The van der Waals surface area contributed by atoms with Gasteiger partial charge in [-0.2, -0.15) is 6.08 Å². The Labute approximate surface area is 70.2 Å². The second-order valence-corrected chi connectivity index (χ2v) is 1.76. The van der Waals surface area contributed by atoms with Crippen molar-refractivity contribution in [3.63, 3.8) is 0 Å². The Morgan fingerprint density at radius 2 is 2.11 bits per heavy atom. The first-order valence-electron chi connectivity index (χ1n) is 3.12. The Morgan fingerprint density at radius 1 is 1.44 bits per heavy atom. The molecule has 0 amide bonds. The van der Waals surface area contributed by atoms with Crippen LogP contribution >= 0.6 is 0 Å². The van der Waals surface area contributed by atoms with Crippen molar-refractivity contribution in [3.05, 3.63) is 24.8 Å². The Hall–Kier alpha value is 0.0774. The zero-order valence-electron chi connectivity index (χ0n) is 6.43. The van der Waals surface area contributed by atoms with E-state index in [0.29, 0.717) is 0 Å². The van der Waals surface area contributed by atoms with Crippen molar-refractivity contribution in [1.29, 1.82) is 0 Å². The molecule has 0 rings (SSSR count). The molecular formula is C8H13Li. The molecule has 9 heavy (non-hydrogen) atoms. The van der Waals surface area contributed by atoms with Gasteiger partial charge in [-0.1, -0.05) is 26.2 Å². The van der Waals surface area contributed by atoms with E-state index in [2.05, 4.69) is 13.0 Å². The summed E-state index contributed by atoms with van der Waals surface area (Å²) in [5.74, 6) is 0. The van der Waals surface area contributed by atoms with Gasteiger partial charge in [0.15, 0.2) is 0 Å². The number of rotatable bonds is 4. The second-order valence-electron chi connectivity index (χ2n) is 1.76.